The van der Waals surface area contributed by atoms with Crippen molar-refractivity contribution in [3.63, 3.8) is 0 Å². The second-order valence-corrected chi connectivity index (χ2v) is 5.96. The van der Waals surface area contributed by atoms with E-state index in [2.05, 4.69) is 21.2 Å². The minimum Gasteiger partial charge on any atom is -0.480 e. The van der Waals surface area contributed by atoms with Gasteiger partial charge >= 0.3 is 5.97 Å². The number of carboxylic acids is 1. The number of rotatable bonds is 3. The fourth-order valence-electron chi connectivity index (χ4n) is 2.16. The van der Waals surface area contributed by atoms with Crippen LogP contribution in [0.25, 0.3) is 10.8 Å². The molecule has 2 aromatic carbocycles. The Hall–Kier alpha value is -1.88. The molecule has 2 N–H and O–H groups in total. The number of carboxylic acid groups (broad SMARTS) is 1. The van der Waals surface area contributed by atoms with Crippen LogP contribution >= 0.6 is 15.9 Å². The van der Waals surface area contributed by atoms with Gasteiger partial charge in [0.25, 0.3) is 5.91 Å². The van der Waals surface area contributed by atoms with Crippen molar-refractivity contribution in [2.75, 3.05) is 0 Å². The fourth-order valence-corrected chi connectivity index (χ4v) is 2.54. The minimum atomic E-state index is -1.05. The number of hydrogen-bond donors (Lipinski definition) is 2. The quantitative estimate of drug-likeness (QED) is 0.907. The van der Waals surface area contributed by atoms with Crippen LogP contribution in [-0.4, -0.2) is 22.5 Å². The van der Waals surface area contributed by atoms with Crippen LogP contribution < -0.4 is 5.32 Å². The Morgan fingerprint density at radius 2 is 1.75 bits per heavy atom. The first kappa shape index (κ1) is 13.1. The Labute approximate surface area is 123 Å². The summed E-state index contributed by atoms with van der Waals surface area (Å²) in [7, 11) is 0. The molecule has 102 valence electrons. The van der Waals surface area contributed by atoms with Gasteiger partial charge in [-0.1, -0.05) is 28.1 Å². The maximum atomic E-state index is 12.1. The molecular formula is C15H12BrNO3. The Morgan fingerprint density at radius 3 is 2.40 bits per heavy atom. The molecule has 1 fully saturated rings. The molecule has 0 bridgehead atoms. The highest BCUT2D eigenvalue weighted by molar-refractivity contribution is 9.10. The molecule has 1 saturated carbocycles. The van der Waals surface area contributed by atoms with E-state index < -0.39 is 11.5 Å². The van der Waals surface area contributed by atoms with Gasteiger partial charge in [0.1, 0.15) is 5.54 Å². The summed E-state index contributed by atoms with van der Waals surface area (Å²) in [5, 5.41) is 13.7. The first-order chi connectivity index (χ1) is 9.50. The summed E-state index contributed by atoms with van der Waals surface area (Å²) in [6.07, 6.45) is 0.989. The number of fused-ring (bicyclic) bond motifs is 1. The Morgan fingerprint density at radius 1 is 1.10 bits per heavy atom. The number of amides is 1. The van der Waals surface area contributed by atoms with Gasteiger partial charge in [0, 0.05) is 10.0 Å². The van der Waals surface area contributed by atoms with Crippen LogP contribution in [-0.2, 0) is 4.79 Å². The van der Waals surface area contributed by atoms with E-state index in [1.54, 1.807) is 12.1 Å². The summed E-state index contributed by atoms with van der Waals surface area (Å²) in [4.78, 5) is 23.2. The topological polar surface area (TPSA) is 66.4 Å². The van der Waals surface area contributed by atoms with Gasteiger partial charge in [-0.05, 0) is 47.9 Å². The lowest BCUT2D eigenvalue weighted by atomic mass is 10.1. The molecule has 3 rings (SSSR count). The van der Waals surface area contributed by atoms with Gasteiger partial charge < -0.3 is 10.4 Å². The highest BCUT2D eigenvalue weighted by Gasteiger charge is 2.51. The van der Waals surface area contributed by atoms with Gasteiger partial charge in [-0.2, -0.15) is 0 Å². The maximum Gasteiger partial charge on any atom is 0.329 e. The lowest BCUT2D eigenvalue weighted by molar-refractivity contribution is -0.140. The van der Waals surface area contributed by atoms with E-state index in [1.165, 1.54) is 0 Å². The standard InChI is InChI=1S/C15H12BrNO3/c16-12-4-3-9-7-11(2-1-10(9)8-12)13(18)17-15(5-6-15)14(19)20/h1-4,7-8H,5-6H2,(H,17,18)(H,19,20). The molecule has 4 nitrogen and oxygen atoms in total. The molecule has 0 unspecified atom stereocenters. The van der Waals surface area contributed by atoms with E-state index in [-0.39, 0.29) is 5.91 Å². The Bertz CT molecular complexity index is 722. The smallest absolute Gasteiger partial charge is 0.329 e. The SMILES string of the molecule is O=C(NC1(C(=O)O)CC1)c1ccc2cc(Br)ccc2c1. The van der Waals surface area contributed by atoms with Crippen molar-refractivity contribution in [3.05, 3.63) is 46.4 Å². The van der Waals surface area contributed by atoms with Gasteiger partial charge in [-0.15, -0.1) is 0 Å². The average molecular weight is 334 g/mol. The third-order valence-corrected chi connectivity index (χ3v) is 4.07. The zero-order valence-electron chi connectivity index (χ0n) is 10.5. The molecule has 1 amide bonds. The van der Waals surface area contributed by atoms with Crippen LogP contribution in [0.5, 0.6) is 0 Å². The Kier molecular flexibility index (Phi) is 3.01. The van der Waals surface area contributed by atoms with E-state index in [4.69, 9.17) is 5.11 Å². The molecule has 0 spiro atoms. The minimum absolute atomic E-state index is 0.338. The van der Waals surface area contributed by atoms with Crippen LogP contribution in [0.15, 0.2) is 40.9 Å². The van der Waals surface area contributed by atoms with Gasteiger partial charge in [0.05, 0.1) is 0 Å². The molecular weight excluding hydrogens is 322 g/mol. The van der Waals surface area contributed by atoms with Crippen molar-refractivity contribution in [2.24, 2.45) is 0 Å². The third-order valence-electron chi connectivity index (χ3n) is 3.58. The molecule has 0 radical (unpaired) electrons. The predicted molar refractivity (Wildman–Crippen MR) is 78.7 cm³/mol. The van der Waals surface area contributed by atoms with Crippen molar-refractivity contribution < 1.29 is 14.7 Å². The molecule has 0 aromatic heterocycles. The lowest BCUT2D eigenvalue weighted by Gasteiger charge is -2.12. The van der Waals surface area contributed by atoms with Crippen LogP contribution in [0.3, 0.4) is 0 Å². The normalized spacial score (nSPS) is 15.8. The maximum absolute atomic E-state index is 12.1. The van der Waals surface area contributed by atoms with Crippen molar-refractivity contribution in [1.82, 2.24) is 5.32 Å². The average Bonchev–Trinajstić information content (AvgIpc) is 3.19. The van der Waals surface area contributed by atoms with Crippen LogP contribution in [0.4, 0.5) is 0 Å². The van der Waals surface area contributed by atoms with Crippen molar-refractivity contribution >= 4 is 38.6 Å². The molecule has 20 heavy (non-hydrogen) atoms. The van der Waals surface area contributed by atoms with E-state index in [9.17, 15) is 9.59 Å². The summed E-state index contributed by atoms with van der Waals surface area (Å²) in [6, 6.07) is 11.1. The summed E-state index contributed by atoms with van der Waals surface area (Å²) in [5.41, 5.74) is -0.571. The van der Waals surface area contributed by atoms with Gasteiger partial charge in [-0.3, -0.25) is 4.79 Å². The summed E-state index contributed by atoms with van der Waals surface area (Å²) in [5.74, 6) is -1.30. The number of benzene rings is 2. The first-order valence-corrected chi connectivity index (χ1v) is 7.05. The fraction of sp³-hybridized carbons (Fsp3) is 0.200. The van der Waals surface area contributed by atoms with Crippen LogP contribution in [0.2, 0.25) is 0 Å². The second kappa shape index (κ2) is 4.59. The summed E-state index contributed by atoms with van der Waals surface area (Å²) in [6.45, 7) is 0. The predicted octanol–water partition coefficient (Wildman–Crippen LogP) is 2.95. The number of nitrogens with one attached hydrogen (secondary N) is 1. The van der Waals surface area contributed by atoms with Crippen LogP contribution in [0.1, 0.15) is 23.2 Å². The molecule has 2 aromatic rings. The van der Waals surface area contributed by atoms with Crippen LogP contribution in [0, 0.1) is 0 Å². The molecule has 0 atom stereocenters. The van der Waals surface area contributed by atoms with E-state index in [0.29, 0.717) is 18.4 Å². The summed E-state index contributed by atoms with van der Waals surface area (Å²) >= 11 is 3.40. The van der Waals surface area contributed by atoms with E-state index in [1.807, 2.05) is 24.3 Å². The number of carbonyl (C=O) groups is 2. The zero-order chi connectivity index (χ0) is 14.3. The lowest BCUT2D eigenvalue weighted by Crippen LogP contribution is -2.43. The second-order valence-electron chi connectivity index (χ2n) is 5.05. The Balaban J connectivity index is 1.89. The molecule has 0 saturated heterocycles. The van der Waals surface area contributed by atoms with Gasteiger partial charge in [0.2, 0.25) is 0 Å². The molecule has 0 aliphatic heterocycles. The third kappa shape index (κ3) is 2.29. The summed E-state index contributed by atoms with van der Waals surface area (Å²) < 4.78 is 0.977. The highest BCUT2D eigenvalue weighted by Crippen LogP contribution is 2.35. The van der Waals surface area contributed by atoms with Gasteiger partial charge in [-0.25, -0.2) is 4.79 Å². The largest absolute Gasteiger partial charge is 0.480 e. The number of halogens is 1. The van der Waals surface area contributed by atoms with E-state index >= 15 is 0 Å². The first-order valence-electron chi connectivity index (χ1n) is 6.25. The molecule has 1 aliphatic carbocycles. The van der Waals surface area contributed by atoms with Crippen molar-refractivity contribution in [1.29, 1.82) is 0 Å². The highest BCUT2D eigenvalue weighted by atomic mass is 79.9. The molecule has 5 heteroatoms. The van der Waals surface area contributed by atoms with Gasteiger partial charge in [0.15, 0.2) is 0 Å². The van der Waals surface area contributed by atoms with E-state index in [0.717, 1.165) is 15.2 Å². The molecule has 1 aliphatic rings. The number of hydrogen-bond acceptors (Lipinski definition) is 2. The molecule has 0 heterocycles. The monoisotopic (exact) mass is 333 g/mol. The van der Waals surface area contributed by atoms with Crippen molar-refractivity contribution in [2.45, 2.75) is 18.4 Å². The van der Waals surface area contributed by atoms with Crippen molar-refractivity contribution in [3.8, 4) is 0 Å². The zero-order valence-corrected chi connectivity index (χ0v) is 12.1. The number of carbonyl (C=O) groups excluding carboxylic acids is 1. The number of aliphatic carboxylic acids is 1.